The number of aromatic hydroxyl groups is 1. The molecule has 0 saturated heterocycles. The lowest BCUT2D eigenvalue weighted by molar-refractivity contribution is 0.101. The van der Waals surface area contributed by atoms with Gasteiger partial charge in [0.25, 0.3) is 5.56 Å². The van der Waals surface area contributed by atoms with Crippen molar-refractivity contribution < 1.29 is 14.6 Å². The number of phenols is 1. The first kappa shape index (κ1) is 22.1. The Kier molecular flexibility index (Phi) is 6.16. The van der Waals surface area contributed by atoms with Crippen molar-refractivity contribution in [2.75, 3.05) is 0 Å². The number of aromatic nitrogens is 6. The minimum Gasteiger partial charge on any atom is -0.507 e. The van der Waals surface area contributed by atoms with Crippen LogP contribution < -0.4 is 10.3 Å². The Morgan fingerprint density at radius 1 is 1.24 bits per heavy atom. The molecule has 2 N–H and O–H groups in total. The van der Waals surface area contributed by atoms with Crippen molar-refractivity contribution in [1.29, 1.82) is 0 Å². The Morgan fingerprint density at radius 3 is 2.73 bits per heavy atom. The molecule has 4 rings (SSSR count). The summed E-state index contributed by atoms with van der Waals surface area (Å²) in [5.41, 5.74) is 2.58. The highest BCUT2D eigenvalue weighted by Crippen LogP contribution is 2.33. The van der Waals surface area contributed by atoms with E-state index in [2.05, 4.69) is 20.6 Å². The number of pyridine rings is 1. The van der Waals surface area contributed by atoms with Crippen LogP contribution in [0.25, 0.3) is 17.0 Å². The molecule has 10 nitrogen and oxygen atoms in total. The molecule has 1 aromatic carbocycles. The molecule has 0 amide bonds. The molecule has 0 fully saturated rings. The van der Waals surface area contributed by atoms with E-state index in [0.717, 1.165) is 6.42 Å². The smallest absolute Gasteiger partial charge is 0.269 e. The first-order valence-electron chi connectivity index (χ1n) is 10.7. The summed E-state index contributed by atoms with van der Waals surface area (Å²) in [5.74, 6) is 0.430. The fourth-order valence-electron chi connectivity index (χ4n) is 3.81. The molecule has 4 aromatic rings. The highest BCUT2D eigenvalue weighted by molar-refractivity contribution is 5.97. The molecule has 3 heterocycles. The van der Waals surface area contributed by atoms with Gasteiger partial charge in [-0.3, -0.25) is 14.0 Å². The van der Waals surface area contributed by atoms with E-state index < -0.39 is 0 Å². The summed E-state index contributed by atoms with van der Waals surface area (Å²) in [4.78, 5) is 29.7. The number of tetrazole rings is 1. The van der Waals surface area contributed by atoms with Gasteiger partial charge < -0.3 is 9.84 Å². The second-order valence-corrected chi connectivity index (χ2v) is 7.59. The minimum atomic E-state index is -0.296. The average Bonchev–Trinajstić information content (AvgIpc) is 3.33. The van der Waals surface area contributed by atoms with E-state index in [0.29, 0.717) is 46.6 Å². The highest BCUT2D eigenvalue weighted by Gasteiger charge is 2.20. The van der Waals surface area contributed by atoms with Gasteiger partial charge in [0.1, 0.15) is 29.3 Å². The summed E-state index contributed by atoms with van der Waals surface area (Å²) in [7, 11) is 0. The van der Waals surface area contributed by atoms with Gasteiger partial charge in [0.05, 0.1) is 11.3 Å². The number of aromatic amines is 1. The lowest BCUT2D eigenvalue weighted by Gasteiger charge is -2.16. The van der Waals surface area contributed by atoms with Gasteiger partial charge in [0.15, 0.2) is 5.78 Å². The van der Waals surface area contributed by atoms with E-state index in [1.165, 1.54) is 11.3 Å². The molecule has 0 radical (unpaired) electrons. The third-order valence-electron chi connectivity index (χ3n) is 5.42. The van der Waals surface area contributed by atoms with Crippen LogP contribution >= 0.6 is 0 Å². The maximum absolute atomic E-state index is 13.2. The molecular formula is C23H24N6O4. The summed E-state index contributed by atoms with van der Waals surface area (Å²) < 4.78 is 7.49. The normalized spacial score (nSPS) is 11.1. The number of carbonyl (C=O) groups is 1. The number of phenolic OH excluding ortho intramolecular Hbond substituents is 1. The Bertz CT molecular complexity index is 1380. The number of hydrogen-bond acceptors (Lipinski definition) is 8. The van der Waals surface area contributed by atoms with Crippen molar-refractivity contribution >= 4 is 11.4 Å². The number of H-pyrrole nitrogens is 1. The summed E-state index contributed by atoms with van der Waals surface area (Å²) in [6.07, 6.45) is 3.47. The van der Waals surface area contributed by atoms with E-state index in [-0.39, 0.29) is 35.1 Å². The fraction of sp³-hybridized carbons (Fsp3) is 0.304. The first-order valence-corrected chi connectivity index (χ1v) is 10.7. The van der Waals surface area contributed by atoms with Crippen LogP contribution in [0.15, 0.2) is 35.3 Å². The largest absolute Gasteiger partial charge is 0.507 e. The van der Waals surface area contributed by atoms with Crippen molar-refractivity contribution in [3.05, 3.63) is 63.2 Å². The Hall–Kier alpha value is -4.08. The van der Waals surface area contributed by atoms with Crippen molar-refractivity contribution in [3.63, 3.8) is 0 Å². The zero-order valence-electron chi connectivity index (χ0n) is 18.6. The number of fused-ring (bicyclic) bond motifs is 1. The molecule has 0 aliphatic carbocycles. The van der Waals surface area contributed by atoms with Gasteiger partial charge in [-0.1, -0.05) is 26.3 Å². The third-order valence-corrected chi connectivity index (χ3v) is 5.42. The molecule has 0 aliphatic heterocycles. The topological polar surface area (TPSA) is 135 Å². The molecule has 0 bridgehead atoms. The molecular weight excluding hydrogens is 424 g/mol. The Balaban J connectivity index is 1.75. The molecule has 0 saturated carbocycles. The molecule has 0 unspecified atom stereocenters. The fourth-order valence-corrected chi connectivity index (χ4v) is 3.81. The van der Waals surface area contributed by atoms with E-state index in [1.807, 2.05) is 19.9 Å². The second kappa shape index (κ2) is 9.19. The zero-order chi connectivity index (χ0) is 23.5. The van der Waals surface area contributed by atoms with Crippen molar-refractivity contribution in [1.82, 2.24) is 30.0 Å². The van der Waals surface area contributed by atoms with E-state index >= 15 is 0 Å². The molecule has 170 valence electrons. The number of Topliss-reactive ketones (excluding diaryl/α,β-unsaturated/α-hetero) is 1. The van der Waals surface area contributed by atoms with Crippen molar-refractivity contribution in [2.24, 2.45) is 0 Å². The van der Waals surface area contributed by atoms with Gasteiger partial charge in [0, 0.05) is 17.3 Å². The molecule has 0 atom stereocenters. The van der Waals surface area contributed by atoms with E-state index in [9.17, 15) is 14.7 Å². The van der Waals surface area contributed by atoms with Crippen LogP contribution in [0, 0.1) is 0 Å². The number of carbonyl (C=O) groups excluding carboxylic acids is 1. The molecule has 3 aromatic heterocycles. The van der Waals surface area contributed by atoms with Crippen LogP contribution in [0.5, 0.6) is 11.5 Å². The summed E-state index contributed by atoms with van der Waals surface area (Å²) >= 11 is 0. The van der Waals surface area contributed by atoms with Gasteiger partial charge in [-0.2, -0.15) is 5.21 Å². The van der Waals surface area contributed by atoms with Crippen LogP contribution in [0.4, 0.5) is 0 Å². The first-order chi connectivity index (χ1) is 16.0. The van der Waals surface area contributed by atoms with Gasteiger partial charge in [-0.05, 0) is 43.2 Å². The Morgan fingerprint density at radius 2 is 2.06 bits per heavy atom. The van der Waals surface area contributed by atoms with Gasteiger partial charge in [-0.25, -0.2) is 4.98 Å². The lowest BCUT2D eigenvalue weighted by atomic mass is 10.0. The number of ketones is 1. The summed E-state index contributed by atoms with van der Waals surface area (Å²) in [6, 6.07) is 6.82. The van der Waals surface area contributed by atoms with E-state index in [4.69, 9.17) is 9.72 Å². The van der Waals surface area contributed by atoms with Crippen molar-refractivity contribution in [2.45, 2.75) is 46.6 Å². The highest BCUT2D eigenvalue weighted by atomic mass is 16.5. The predicted molar refractivity (Wildman–Crippen MR) is 120 cm³/mol. The molecule has 33 heavy (non-hydrogen) atoms. The maximum atomic E-state index is 13.2. The average molecular weight is 448 g/mol. The number of rotatable bonds is 8. The predicted octanol–water partition coefficient (Wildman–Crippen LogP) is 2.88. The number of hydrogen-bond donors (Lipinski definition) is 2. The SMILES string of the molecule is CCCc1c(OCc2cccn3c(=O)c(-c4nn[nH]n4)c(CC)nc23)ccc(C(C)=O)c1O. The van der Waals surface area contributed by atoms with Gasteiger partial charge >= 0.3 is 0 Å². The standard InChI is InChI=1S/C23H24N6O4/c1-4-7-16-18(10-9-15(13(3)30)20(16)31)33-12-14-8-6-11-29-22(14)24-17(5-2)19(23(29)32)21-25-27-28-26-21/h6,8-11,31H,4-5,7,12H2,1-3H3,(H,25,26,27,28). The number of ether oxygens (including phenoxy) is 1. The second-order valence-electron chi connectivity index (χ2n) is 7.59. The monoisotopic (exact) mass is 448 g/mol. The van der Waals surface area contributed by atoms with Crippen LogP contribution in [0.2, 0.25) is 0 Å². The zero-order valence-corrected chi connectivity index (χ0v) is 18.6. The minimum absolute atomic E-state index is 0.0489. The van der Waals surface area contributed by atoms with Gasteiger partial charge in [-0.15, -0.1) is 10.2 Å². The van der Waals surface area contributed by atoms with Crippen molar-refractivity contribution in [3.8, 4) is 22.9 Å². The van der Waals surface area contributed by atoms with Crippen LogP contribution in [0.3, 0.4) is 0 Å². The van der Waals surface area contributed by atoms with E-state index in [1.54, 1.807) is 24.4 Å². The number of nitrogens with one attached hydrogen (secondary N) is 1. The summed E-state index contributed by atoms with van der Waals surface area (Å²) in [6.45, 7) is 5.42. The number of aryl methyl sites for hydroxylation is 1. The quantitative estimate of drug-likeness (QED) is 0.393. The van der Waals surface area contributed by atoms with Crippen LogP contribution in [0.1, 0.15) is 54.4 Å². The molecule has 0 spiro atoms. The van der Waals surface area contributed by atoms with Crippen LogP contribution in [-0.2, 0) is 19.4 Å². The maximum Gasteiger partial charge on any atom is 0.269 e. The lowest BCUT2D eigenvalue weighted by Crippen LogP contribution is -2.21. The Labute approximate surface area is 189 Å². The molecule has 0 aliphatic rings. The van der Waals surface area contributed by atoms with Crippen LogP contribution in [-0.4, -0.2) is 40.9 Å². The summed E-state index contributed by atoms with van der Waals surface area (Å²) in [5, 5.41) is 24.4. The number of benzene rings is 1. The van der Waals surface area contributed by atoms with Gasteiger partial charge in [0.2, 0.25) is 5.82 Å². The number of nitrogens with zero attached hydrogens (tertiary/aromatic N) is 5. The third kappa shape index (κ3) is 4.07. The molecule has 10 heteroatoms.